The lowest BCUT2D eigenvalue weighted by Crippen LogP contribution is -2.27. The molecule has 0 aliphatic rings. The molecule has 0 fully saturated rings. The Balaban J connectivity index is 2.00. The van der Waals surface area contributed by atoms with Gasteiger partial charge in [0.1, 0.15) is 0 Å². The van der Waals surface area contributed by atoms with E-state index in [-0.39, 0.29) is 0 Å². The summed E-state index contributed by atoms with van der Waals surface area (Å²) in [6.07, 6.45) is 2.71. The summed E-state index contributed by atoms with van der Waals surface area (Å²) >= 11 is 0. The predicted molar refractivity (Wildman–Crippen MR) is 119 cm³/mol. The van der Waals surface area contributed by atoms with E-state index in [0.29, 0.717) is 0 Å². The standard InChI is InChI=1S/C25H22NP/c1-4-13-23(14-5-1)27(24-15-6-2-7-16-24,25-17-8-3-9-18-25)21-19-22-12-10-11-20-26-22/h1-18,20-21H,19H2. The molecule has 0 N–H and O–H groups in total. The van der Waals surface area contributed by atoms with Crippen molar-refractivity contribution in [3.8, 4) is 0 Å². The van der Waals surface area contributed by atoms with Crippen LogP contribution in [0.3, 0.4) is 0 Å². The van der Waals surface area contributed by atoms with E-state index >= 15 is 0 Å². The van der Waals surface area contributed by atoms with Gasteiger partial charge < -0.3 is 0 Å². The average Bonchev–Trinajstić information content (AvgIpc) is 2.77. The Hall–Kier alpha value is -2.89. The van der Waals surface area contributed by atoms with Crippen molar-refractivity contribution in [2.75, 3.05) is 0 Å². The Labute approximate surface area is 161 Å². The van der Waals surface area contributed by atoms with Crippen molar-refractivity contribution in [1.29, 1.82) is 0 Å². The van der Waals surface area contributed by atoms with Gasteiger partial charge in [0, 0.05) is 18.3 Å². The summed E-state index contributed by atoms with van der Waals surface area (Å²) in [5, 5.41) is 4.12. The maximum Gasteiger partial charge on any atom is 0.0441 e. The van der Waals surface area contributed by atoms with Gasteiger partial charge in [-0.1, -0.05) is 103 Å². The molecule has 0 saturated carbocycles. The van der Waals surface area contributed by atoms with Crippen LogP contribution in [0, 0.1) is 0 Å². The fraction of sp³-hybridized carbons (Fsp3) is 0.0400. The Bertz CT molecular complexity index is 923. The second-order valence-electron chi connectivity index (χ2n) is 6.44. The van der Waals surface area contributed by atoms with Gasteiger partial charge in [0.05, 0.1) is 0 Å². The maximum atomic E-state index is 4.55. The van der Waals surface area contributed by atoms with Gasteiger partial charge in [-0.25, -0.2) is 0 Å². The highest BCUT2D eigenvalue weighted by Gasteiger charge is 2.24. The van der Waals surface area contributed by atoms with Gasteiger partial charge in [-0.15, -0.1) is 0 Å². The fourth-order valence-corrected chi connectivity index (χ4v) is 7.42. The van der Waals surface area contributed by atoms with Crippen LogP contribution < -0.4 is 15.9 Å². The Morgan fingerprint density at radius 2 is 1.00 bits per heavy atom. The highest BCUT2D eigenvalue weighted by Crippen LogP contribution is 2.43. The number of aromatic nitrogens is 1. The number of hydrogen-bond acceptors (Lipinski definition) is 1. The minimum absolute atomic E-state index is 0.841. The molecule has 4 aromatic rings. The third-order valence-electron chi connectivity index (χ3n) is 4.79. The summed E-state index contributed by atoms with van der Waals surface area (Å²) < 4.78 is 0. The Kier molecular flexibility index (Phi) is 5.32. The maximum absolute atomic E-state index is 4.55. The number of hydrogen-bond donors (Lipinski definition) is 0. The minimum Gasteiger partial charge on any atom is -0.261 e. The van der Waals surface area contributed by atoms with Crippen molar-refractivity contribution < 1.29 is 0 Å². The summed E-state index contributed by atoms with van der Waals surface area (Å²) in [6, 6.07) is 38.9. The summed E-state index contributed by atoms with van der Waals surface area (Å²) in [5.41, 5.74) is 1.10. The highest BCUT2D eigenvalue weighted by molar-refractivity contribution is 7.94. The zero-order chi connectivity index (χ0) is 18.4. The summed E-state index contributed by atoms with van der Waals surface area (Å²) in [7, 11) is 0. The Morgan fingerprint density at radius 3 is 1.41 bits per heavy atom. The first kappa shape index (κ1) is 17.5. The first-order valence-corrected chi connectivity index (χ1v) is 11.1. The molecule has 0 bridgehead atoms. The van der Waals surface area contributed by atoms with E-state index in [1.807, 2.05) is 12.3 Å². The molecule has 0 unspecified atom stereocenters. The van der Waals surface area contributed by atoms with Crippen molar-refractivity contribution in [1.82, 2.24) is 4.98 Å². The molecule has 0 radical (unpaired) electrons. The lowest BCUT2D eigenvalue weighted by Gasteiger charge is -2.28. The number of rotatable bonds is 5. The molecule has 0 aliphatic heterocycles. The van der Waals surface area contributed by atoms with Crippen LogP contribution in [-0.2, 0) is 6.42 Å². The van der Waals surface area contributed by atoms with E-state index in [2.05, 4.69) is 114 Å². The molecule has 0 aliphatic carbocycles. The van der Waals surface area contributed by atoms with E-state index in [1.54, 1.807) is 0 Å². The molecule has 3 aromatic carbocycles. The van der Waals surface area contributed by atoms with Crippen LogP contribution >= 0.6 is 6.89 Å². The number of nitrogens with zero attached hydrogens (tertiary/aromatic N) is 1. The number of pyridine rings is 1. The summed E-state index contributed by atoms with van der Waals surface area (Å²) in [6.45, 7) is -1.88. The van der Waals surface area contributed by atoms with Crippen molar-refractivity contribution in [2.45, 2.75) is 6.42 Å². The van der Waals surface area contributed by atoms with Gasteiger partial charge >= 0.3 is 0 Å². The zero-order valence-electron chi connectivity index (χ0n) is 15.1. The van der Waals surface area contributed by atoms with Crippen LogP contribution in [0.2, 0.25) is 0 Å². The average molecular weight is 367 g/mol. The summed E-state index contributed by atoms with van der Waals surface area (Å²) in [5.74, 6) is 2.51. The SMILES string of the molecule is C(Cc1ccccn1)=P(c1ccccc1)(c1ccccc1)c1ccccc1. The van der Waals surface area contributed by atoms with Crippen molar-refractivity contribution in [3.05, 3.63) is 121 Å². The van der Waals surface area contributed by atoms with Gasteiger partial charge in [-0.3, -0.25) is 4.98 Å². The molecule has 0 atom stereocenters. The quantitative estimate of drug-likeness (QED) is 0.476. The first-order chi connectivity index (χ1) is 13.4. The van der Waals surface area contributed by atoms with Crippen molar-refractivity contribution >= 4 is 28.6 Å². The van der Waals surface area contributed by atoms with Crippen LogP contribution in [0.15, 0.2) is 115 Å². The minimum atomic E-state index is -1.88. The van der Waals surface area contributed by atoms with Gasteiger partial charge in [-0.05, 0) is 34.9 Å². The molecular formula is C25H22NP. The van der Waals surface area contributed by atoms with E-state index in [1.165, 1.54) is 15.9 Å². The van der Waals surface area contributed by atoms with Gasteiger partial charge in [0.2, 0.25) is 0 Å². The normalized spacial score (nSPS) is 11.1. The van der Waals surface area contributed by atoms with Gasteiger partial charge in [0.25, 0.3) is 0 Å². The molecule has 27 heavy (non-hydrogen) atoms. The fourth-order valence-electron chi connectivity index (χ4n) is 3.50. The predicted octanol–water partition coefficient (Wildman–Crippen LogP) is 4.42. The van der Waals surface area contributed by atoms with Gasteiger partial charge in [0.15, 0.2) is 0 Å². The van der Waals surface area contributed by atoms with Gasteiger partial charge in [-0.2, -0.15) is 0 Å². The topological polar surface area (TPSA) is 12.9 Å². The lowest BCUT2D eigenvalue weighted by molar-refractivity contribution is 1.16. The van der Waals surface area contributed by atoms with Crippen molar-refractivity contribution in [3.63, 3.8) is 0 Å². The third kappa shape index (κ3) is 3.65. The Morgan fingerprint density at radius 1 is 0.556 bits per heavy atom. The second kappa shape index (κ2) is 8.20. The number of benzene rings is 3. The highest BCUT2D eigenvalue weighted by atomic mass is 31.2. The molecule has 132 valence electrons. The van der Waals surface area contributed by atoms with E-state index in [0.717, 1.165) is 12.1 Å². The second-order valence-corrected chi connectivity index (χ2v) is 9.80. The smallest absolute Gasteiger partial charge is 0.0441 e. The van der Waals surface area contributed by atoms with Crippen LogP contribution in [0.25, 0.3) is 0 Å². The molecular weight excluding hydrogens is 345 g/mol. The van der Waals surface area contributed by atoms with Crippen LogP contribution in [0.1, 0.15) is 5.69 Å². The molecule has 4 rings (SSSR count). The van der Waals surface area contributed by atoms with Crippen LogP contribution in [0.4, 0.5) is 0 Å². The molecule has 1 nitrogen and oxygen atoms in total. The molecule has 0 saturated heterocycles. The lowest BCUT2D eigenvalue weighted by atomic mass is 10.3. The van der Waals surface area contributed by atoms with E-state index in [9.17, 15) is 0 Å². The molecule has 1 aromatic heterocycles. The monoisotopic (exact) mass is 367 g/mol. The molecule has 2 heteroatoms. The molecule has 0 amide bonds. The van der Waals surface area contributed by atoms with Crippen molar-refractivity contribution in [2.24, 2.45) is 0 Å². The third-order valence-corrected chi connectivity index (χ3v) is 8.86. The van der Waals surface area contributed by atoms with E-state index < -0.39 is 6.89 Å². The first-order valence-electron chi connectivity index (χ1n) is 9.19. The van der Waals surface area contributed by atoms with E-state index in [4.69, 9.17) is 0 Å². The largest absolute Gasteiger partial charge is 0.261 e. The zero-order valence-corrected chi connectivity index (χ0v) is 16.0. The van der Waals surface area contributed by atoms with Crippen LogP contribution in [0.5, 0.6) is 0 Å². The van der Waals surface area contributed by atoms with Crippen LogP contribution in [-0.4, -0.2) is 10.8 Å². The summed E-state index contributed by atoms with van der Waals surface area (Å²) in [4.78, 5) is 4.55. The molecule has 0 spiro atoms. The molecule has 1 heterocycles.